The minimum absolute atomic E-state index is 0.0178. The largest absolute Gasteiger partial charge is 0.374 e. The Bertz CT molecular complexity index is 387. The van der Waals surface area contributed by atoms with Gasteiger partial charge in [0, 0.05) is 0 Å². The first-order valence-corrected chi connectivity index (χ1v) is 9.10. The lowest BCUT2D eigenvalue weighted by atomic mass is 9.98. The molecule has 5 nitrogen and oxygen atoms in total. The fraction of sp³-hybridized carbons (Fsp3) is 0.900. The molecule has 1 amide bonds. The minimum atomic E-state index is -0.141. The Morgan fingerprint density at radius 3 is 1.64 bits per heavy atom. The van der Waals surface area contributed by atoms with Crippen molar-refractivity contribution in [3.63, 3.8) is 0 Å². The summed E-state index contributed by atoms with van der Waals surface area (Å²) in [4.78, 5) is 10.3. The number of hydrogen-bond acceptors (Lipinski definition) is 4. The van der Waals surface area contributed by atoms with Crippen LogP contribution in [-0.4, -0.2) is 36.9 Å². The Labute approximate surface area is 155 Å². The van der Waals surface area contributed by atoms with E-state index < -0.39 is 0 Å². The van der Waals surface area contributed by atoms with Crippen LogP contribution in [0.25, 0.3) is 0 Å². The number of ether oxygens (including phenoxy) is 2. The van der Waals surface area contributed by atoms with Gasteiger partial charge in [0.05, 0.1) is 42.4 Å². The van der Waals surface area contributed by atoms with Crippen LogP contribution in [0.1, 0.15) is 69.2 Å². The quantitative estimate of drug-likeness (QED) is 0.663. The molecular weight excluding hydrogens is 316 g/mol. The predicted molar refractivity (Wildman–Crippen MR) is 103 cm³/mol. The molecule has 0 rings (SSSR count). The van der Waals surface area contributed by atoms with Gasteiger partial charge in [-0.2, -0.15) is 5.26 Å². The summed E-state index contributed by atoms with van der Waals surface area (Å²) in [6, 6.07) is 2.36. The number of hydrogen-bond donors (Lipinski definition) is 1. The zero-order valence-corrected chi connectivity index (χ0v) is 18.0. The maximum Gasteiger partial charge on any atom is 0.207 e. The fourth-order valence-corrected chi connectivity index (χ4v) is 1.58. The summed E-state index contributed by atoms with van der Waals surface area (Å²) >= 11 is 0. The normalized spacial score (nSPS) is 14.4. The Morgan fingerprint density at radius 2 is 1.36 bits per heavy atom. The summed E-state index contributed by atoms with van der Waals surface area (Å²) in [7, 11) is 0. The maximum atomic E-state index is 10.3. The highest BCUT2D eigenvalue weighted by Gasteiger charge is 2.18. The molecule has 0 aromatic rings. The number of amides is 1. The number of nitrogens with zero attached hydrogens (tertiary/aromatic N) is 1. The first-order chi connectivity index (χ1) is 11.2. The van der Waals surface area contributed by atoms with Crippen molar-refractivity contribution in [3.8, 4) is 6.07 Å². The van der Waals surface area contributed by atoms with Crippen LogP contribution in [0.15, 0.2) is 0 Å². The maximum absolute atomic E-state index is 10.3. The molecule has 148 valence electrons. The Balaban J connectivity index is 0. The van der Waals surface area contributed by atoms with Gasteiger partial charge in [-0.15, -0.1) is 0 Å². The number of rotatable bonds is 8. The molecule has 0 unspecified atom stereocenters. The van der Waals surface area contributed by atoms with E-state index in [0.29, 0.717) is 25.0 Å². The molecule has 0 saturated carbocycles. The molecule has 5 heteroatoms. The zero-order valence-electron chi connectivity index (χ0n) is 18.0. The van der Waals surface area contributed by atoms with Gasteiger partial charge in [-0.1, -0.05) is 27.7 Å². The summed E-state index contributed by atoms with van der Waals surface area (Å²) in [6.07, 6.45) is 0.733. The summed E-state index contributed by atoms with van der Waals surface area (Å²) < 4.78 is 11.1. The second kappa shape index (κ2) is 12.3. The smallest absolute Gasteiger partial charge is 0.207 e. The summed E-state index contributed by atoms with van der Waals surface area (Å²) in [6.45, 7) is 21.3. The van der Waals surface area contributed by atoms with Crippen molar-refractivity contribution in [1.29, 1.82) is 5.26 Å². The van der Waals surface area contributed by atoms with E-state index in [9.17, 15) is 4.79 Å². The van der Waals surface area contributed by atoms with E-state index in [4.69, 9.17) is 14.7 Å². The second-order valence-electron chi connectivity index (χ2n) is 8.96. The van der Waals surface area contributed by atoms with Gasteiger partial charge in [0.2, 0.25) is 6.41 Å². The van der Waals surface area contributed by atoms with Crippen molar-refractivity contribution < 1.29 is 14.3 Å². The number of nitriles is 1. The summed E-state index contributed by atoms with van der Waals surface area (Å²) in [5, 5.41) is 11.5. The molecule has 0 saturated heterocycles. The number of nitrogens with one attached hydrogen (secondary N) is 1. The Morgan fingerprint density at radius 1 is 0.920 bits per heavy atom. The zero-order chi connectivity index (χ0) is 20.3. The highest BCUT2D eigenvalue weighted by atomic mass is 16.5. The number of carbonyl (C=O) groups is 1. The van der Waals surface area contributed by atoms with Crippen molar-refractivity contribution in [3.05, 3.63) is 0 Å². The van der Waals surface area contributed by atoms with Crippen LogP contribution in [0.5, 0.6) is 0 Å². The third-order valence-corrected chi connectivity index (χ3v) is 3.45. The molecule has 0 aliphatic carbocycles. The lowest BCUT2D eigenvalue weighted by Gasteiger charge is -2.26. The van der Waals surface area contributed by atoms with Crippen LogP contribution >= 0.6 is 0 Å². The third-order valence-electron chi connectivity index (χ3n) is 3.45. The van der Waals surface area contributed by atoms with Gasteiger partial charge in [-0.05, 0) is 53.4 Å². The van der Waals surface area contributed by atoms with Crippen molar-refractivity contribution in [1.82, 2.24) is 5.32 Å². The highest BCUT2D eigenvalue weighted by molar-refractivity contribution is 5.46. The van der Waals surface area contributed by atoms with E-state index in [1.54, 1.807) is 0 Å². The molecular formula is C20H40N2O3. The van der Waals surface area contributed by atoms with Crippen molar-refractivity contribution in [2.75, 3.05) is 13.2 Å². The minimum Gasteiger partial charge on any atom is -0.374 e. The molecule has 1 N–H and O–H groups in total. The van der Waals surface area contributed by atoms with Gasteiger partial charge in [0.1, 0.15) is 0 Å². The molecule has 0 aromatic carbocycles. The summed E-state index contributed by atoms with van der Waals surface area (Å²) in [5.74, 6) is 0.786. The Hall–Kier alpha value is -1.12. The van der Waals surface area contributed by atoms with Crippen LogP contribution in [-0.2, 0) is 14.3 Å². The second-order valence-corrected chi connectivity index (χ2v) is 8.96. The van der Waals surface area contributed by atoms with E-state index in [1.807, 2.05) is 55.4 Å². The van der Waals surface area contributed by atoms with Crippen molar-refractivity contribution in [2.45, 2.75) is 86.5 Å². The van der Waals surface area contributed by atoms with Crippen LogP contribution in [0, 0.1) is 29.1 Å². The molecule has 0 aliphatic rings. The van der Waals surface area contributed by atoms with E-state index in [2.05, 4.69) is 25.2 Å². The first kappa shape index (κ1) is 26.1. The molecule has 0 bridgehead atoms. The van der Waals surface area contributed by atoms with Crippen LogP contribution in [0.3, 0.4) is 0 Å². The van der Waals surface area contributed by atoms with Crippen LogP contribution in [0.4, 0.5) is 0 Å². The van der Waals surface area contributed by atoms with Crippen molar-refractivity contribution in [2.24, 2.45) is 17.8 Å². The average molecular weight is 357 g/mol. The van der Waals surface area contributed by atoms with Gasteiger partial charge in [0.15, 0.2) is 0 Å². The summed E-state index contributed by atoms with van der Waals surface area (Å²) in [5.41, 5.74) is -0.276. The van der Waals surface area contributed by atoms with Gasteiger partial charge in [-0.3, -0.25) is 4.79 Å². The van der Waals surface area contributed by atoms with E-state index in [-0.39, 0.29) is 23.2 Å². The monoisotopic (exact) mass is 356 g/mol. The molecule has 0 heterocycles. The highest BCUT2D eigenvalue weighted by Crippen LogP contribution is 2.14. The molecule has 0 aliphatic heterocycles. The van der Waals surface area contributed by atoms with Gasteiger partial charge >= 0.3 is 0 Å². The topological polar surface area (TPSA) is 71.3 Å². The van der Waals surface area contributed by atoms with Gasteiger partial charge in [-0.25, -0.2) is 0 Å². The molecule has 0 aromatic heterocycles. The lowest BCUT2D eigenvalue weighted by Crippen LogP contribution is -2.39. The molecule has 0 spiro atoms. The molecule has 2 atom stereocenters. The third kappa shape index (κ3) is 17.5. The standard InChI is InChI=1S/C10H21NO2.C10H19NO/c1-8(2)9(11-7-12)6-13-10(3,4)5;1-8(2)9(6-11)7-12-10(3,4)5/h7-9H,6H2,1-5H3,(H,11,12);8-9H,7H2,1-5H3/t2*9-/m11/s1. The van der Waals surface area contributed by atoms with Crippen LogP contribution in [0.2, 0.25) is 0 Å². The van der Waals surface area contributed by atoms with Crippen molar-refractivity contribution >= 4 is 6.41 Å². The van der Waals surface area contributed by atoms with E-state index in [1.165, 1.54) is 0 Å². The van der Waals surface area contributed by atoms with E-state index in [0.717, 1.165) is 6.41 Å². The Kier molecular flexibility index (Phi) is 12.8. The molecule has 25 heavy (non-hydrogen) atoms. The lowest BCUT2D eigenvalue weighted by molar-refractivity contribution is -0.111. The number of carbonyl (C=O) groups excluding carboxylic acids is 1. The SMILES string of the molecule is CC(C)[C@@H](COC(C)(C)C)NC=O.CC(C)[C@H](C#N)COC(C)(C)C. The predicted octanol–water partition coefficient (Wildman–Crippen LogP) is 4.17. The van der Waals surface area contributed by atoms with E-state index >= 15 is 0 Å². The molecule has 0 radical (unpaired) electrons. The van der Waals surface area contributed by atoms with Gasteiger partial charge < -0.3 is 14.8 Å². The van der Waals surface area contributed by atoms with Crippen LogP contribution < -0.4 is 5.32 Å². The first-order valence-electron chi connectivity index (χ1n) is 9.10. The fourth-order valence-electron chi connectivity index (χ4n) is 1.58. The van der Waals surface area contributed by atoms with Gasteiger partial charge in [0.25, 0.3) is 0 Å². The average Bonchev–Trinajstić information content (AvgIpc) is 2.41. The molecule has 0 fully saturated rings.